The van der Waals surface area contributed by atoms with Crippen LogP contribution in [0.25, 0.3) is 0 Å². The zero-order chi connectivity index (χ0) is 45.2. The van der Waals surface area contributed by atoms with Gasteiger partial charge in [0.25, 0.3) is 16.6 Å². The summed E-state index contributed by atoms with van der Waals surface area (Å²) in [6, 6.07) is 40.3. The summed E-state index contributed by atoms with van der Waals surface area (Å²) >= 11 is 0. The van der Waals surface area contributed by atoms with Gasteiger partial charge in [0, 0.05) is 54.0 Å². The zero-order valence-corrected chi connectivity index (χ0v) is 41.6. The van der Waals surface area contributed by atoms with Crippen LogP contribution in [-0.2, 0) is 29.7 Å². The number of benzene rings is 5. The second-order valence-electron chi connectivity index (χ2n) is 20.7. The molecule has 0 atom stereocenters. The third-order valence-corrected chi connectivity index (χ3v) is 22.7. The van der Waals surface area contributed by atoms with Gasteiger partial charge in [-0.2, -0.15) is 0 Å². The van der Waals surface area contributed by atoms with E-state index in [2.05, 4.69) is 193 Å². The maximum atomic E-state index is 13.9. The fourth-order valence-electron chi connectivity index (χ4n) is 7.76. The Morgan fingerprint density at radius 1 is 0.619 bits per heavy atom. The third kappa shape index (κ3) is 10.4. The van der Waals surface area contributed by atoms with Gasteiger partial charge < -0.3 is 33.4 Å². The summed E-state index contributed by atoms with van der Waals surface area (Å²) in [4.78, 5) is 18.4. The van der Waals surface area contributed by atoms with Crippen molar-refractivity contribution in [2.24, 2.45) is 0 Å². The van der Waals surface area contributed by atoms with Crippen LogP contribution in [0.5, 0.6) is 23.0 Å². The van der Waals surface area contributed by atoms with Crippen LogP contribution in [0.1, 0.15) is 89.1 Å². The van der Waals surface area contributed by atoms with Crippen molar-refractivity contribution in [3.05, 3.63) is 143 Å². The number of ether oxygens (including phenoxy) is 2. The topological polar surface area (TPSA) is 72.5 Å². The first kappa shape index (κ1) is 45.8. The SMILES string of the molecule is CC(CCC(=O)NCCc1ccc(O[Si](C)(C)C(C)(C)C)c(O[Si](C)(C)C(C)(C)C)c1)(c1ccc2c(c1)CN(c1ccccc1)CO2)c1ccc2c(c1)CN(c1ccccc1)CO2. The summed E-state index contributed by atoms with van der Waals surface area (Å²) in [5.41, 5.74) is 7.44. The molecule has 63 heavy (non-hydrogen) atoms. The number of nitrogens with one attached hydrogen (secondary N) is 1. The van der Waals surface area contributed by atoms with Crippen molar-refractivity contribution in [2.45, 2.75) is 122 Å². The van der Waals surface area contributed by atoms with E-state index in [4.69, 9.17) is 18.3 Å². The lowest BCUT2D eigenvalue weighted by Crippen LogP contribution is -2.45. The van der Waals surface area contributed by atoms with Crippen molar-refractivity contribution in [1.29, 1.82) is 0 Å². The average Bonchev–Trinajstić information content (AvgIpc) is 3.25. The van der Waals surface area contributed by atoms with Crippen molar-refractivity contribution >= 4 is 33.9 Å². The highest BCUT2D eigenvalue weighted by atomic mass is 28.4. The summed E-state index contributed by atoms with van der Waals surface area (Å²) in [5, 5.41) is 3.35. The Morgan fingerprint density at radius 2 is 1.10 bits per heavy atom. The lowest BCUT2D eigenvalue weighted by Gasteiger charge is -2.39. The number of anilines is 2. The summed E-state index contributed by atoms with van der Waals surface area (Å²) in [5.74, 6) is 3.48. The zero-order valence-electron chi connectivity index (χ0n) is 39.6. The van der Waals surface area contributed by atoms with Crippen LogP contribution in [0.15, 0.2) is 115 Å². The van der Waals surface area contributed by atoms with Gasteiger partial charge in [-0.3, -0.25) is 4.79 Å². The molecule has 0 saturated carbocycles. The van der Waals surface area contributed by atoms with Crippen molar-refractivity contribution < 1.29 is 23.1 Å². The van der Waals surface area contributed by atoms with E-state index in [1.807, 2.05) is 12.1 Å². The van der Waals surface area contributed by atoms with Gasteiger partial charge in [-0.05, 0) is 126 Å². The number of carbonyl (C=O) groups excluding carboxylic acids is 1. The molecule has 2 aliphatic heterocycles. The first-order valence-electron chi connectivity index (χ1n) is 22.6. The number of nitrogens with zero attached hydrogens (tertiary/aromatic N) is 2. The van der Waals surface area contributed by atoms with Crippen molar-refractivity contribution in [3.8, 4) is 23.0 Å². The standard InChI is InChI=1S/C53H69N3O5Si2/c1-51(2,3)62(8,9)60-48-25-22-39(32-49(48)61-63(10,11)52(4,5)6)29-31-54-50(57)28-30-53(7,42-23-26-46-40(33-42)35-55(37-58-46)44-18-14-12-15-19-44)43-24-27-47-41(34-43)36-56(38-59-47)45-20-16-13-17-21-45/h12-27,32-34H,28-31,35-38H2,1-11H3,(H,54,57). The number of rotatable bonds is 14. The molecule has 1 N–H and O–H groups in total. The second kappa shape index (κ2) is 18.1. The fourth-order valence-corrected chi connectivity index (χ4v) is 9.80. The van der Waals surface area contributed by atoms with Crippen LogP contribution in [-0.4, -0.2) is 42.5 Å². The number of carbonyl (C=O) groups is 1. The van der Waals surface area contributed by atoms with Crippen LogP contribution < -0.4 is 33.4 Å². The van der Waals surface area contributed by atoms with Gasteiger partial charge in [0.05, 0.1) is 0 Å². The molecule has 1 amide bonds. The van der Waals surface area contributed by atoms with Gasteiger partial charge in [-0.15, -0.1) is 0 Å². The molecule has 334 valence electrons. The Balaban J connectivity index is 1.10. The highest BCUT2D eigenvalue weighted by Crippen LogP contribution is 2.45. The van der Waals surface area contributed by atoms with E-state index < -0.39 is 22.0 Å². The molecule has 8 nitrogen and oxygen atoms in total. The van der Waals surface area contributed by atoms with Gasteiger partial charge in [0.15, 0.2) is 13.5 Å². The summed E-state index contributed by atoms with van der Waals surface area (Å²) in [6.45, 7) is 27.9. The predicted octanol–water partition coefficient (Wildman–Crippen LogP) is 12.6. The maximum Gasteiger partial charge on any atom is 0.250 e. The Labute approximate surface area is 379 Å². The largest absolute Gasteiger partial charge is 0.541 e. The summed E-state index contributed by atoms with van der Waals surface area (Å²) < 4.78 is 26.4. The molecule has 0 bridgehead atoms. The molecule has 10 heteroatoms. The first-order chi connectivity index (χ1) is 29.7. The molecule has 0 aliphatic carbocycles. The van der Waals surface area contributed by atoms with Crippen molar-refractivity contribution in [3.63, 3.8) is 0 Å². The Bertz CT molecular complexity index is 2270. The van der Waals surface area contributed by atoms with Gasteiger partial charge >= 0.3 is 0 Å². The number of fused-ring (bicyclic) bond motifs is 2. The highest BCUT2D eigenvalue weighted by molar-refractivity contribution is 6.75. The molecule has 0 saturated heterocycles. The monoisotopic (exact) mass is 883 g/mol. The molecule has 0 unspecified atom stereocenters. The quantitative estimate of drug-likeness (QED) is 0.111. The molecule has 0 fully saturated rings. The minimum absolute atomic E-state index is 0.0322. The van der Waals surface area contributed by atoms with Crippen molar-refractivity contribution in [1.82, 2.24) is 5.32 Å². The Hall–Kier alpha value is -5.20. The average molecular weight is 884 g/mol. The molecule has 2 heterocycles. The smallest absolute Gasteiger partial charge is 0.250 e. The number of hydrogen-bond donors (Lipinski definition) is 1. The number of para-hydroxylation sites is 2. The van der Waals surface area contributed by atoms with Gasteiger partial charge in [-0.1, -0.05) is 103 Å². The molecule has 0 radical (unpaired) electrons. The van der Waals surface area contributed by atoms with Gasteiger partial charge in [0.2, 0.25) is 5.91 Å². The first-order valence-corrected chi connectivity index (χ1v) is 28.4. The predicted molar refractivity (Wildman–Crippen MR) is 264 cm³/mol. The molecular formula is C53H69N3O5Si2. The minimum Gasteiger partial charge on any atom is -0.541 e. The van der Waals surface area contributed by atoms with E-state index in [0.717, 1.165) is 75.3 Å². The van der Waals surface area contributed by atoms with Crippen LogP contribution in [0.4, 0.5) is 11.4 Å². The normalized spacial score (nSPS) is 14.5. The van der Waals surface area contributed by atoms with E-state index in [0.29, 0.717) is 39.3 Å². The van der Waals surface area contributed by atoms with Crippen LogP contribution in [0.3, 0.4) is 0 Å². The summed E-state index contributed by atoms with van der Waals surface area (Å²) in [7, 11) is -4.28. The Kier molecular flexibility index (Phi) is 13.2. The van der Waals surface area contributed by atoms with E-state index in [9.17, 15) is 4.79 Å². The molecule has 0 spiro atoms. The Morgan fingerprint density at radius 3 is 1.57 bits per heavy atom. The van der Waals surface area contributed by atoms with Crippen LogP contribution in [0, 0.1) is 0 Å². The van der Waals surface area contributed by atoms with E-state index in [1.54, 1.807) is 0 Å². The highest BCUT2D eigenvalue weighted by Gasteiger charge is 2.42. The lowest BCUT2D eigenvalue weighted by molar-refractivity contribution is -0.121. The lowest BCUT2D eigenvalue weighted by atomic mass is 9.72. The van der Waals surface area contributed by atoms with E-state index in [1.165, 1.54) is 0 Å². The summed E-state index contributed by atoms with van der Waals surface area (Å²) in [6.07, 6.45) is 1.67. The second-order valence-corrected chi connectivity index (χ2v) is 30.1. The third-order valence-electron chi connectivity index (χ3n) is 14.1. The van der Waals surface area contributed by atoms with E-state index in [-0.39, 0.29) is 16.0 Å². The molecule has 2 aliphatic rings. The number of hydrogen-bond acceptors (Lipinski definition) is 7. The maximum absolute atomic E-state index is 13.9. The van der Waals surface area contributed by atoms with Crippen molar-refractivity contribution in [2.75, 3.05) is 29.8 Å². The van der Waals surface area contributed by atoms with Gasteiger partial charge in [0.1, 0.15) is 23.0 Å². The fraction of sp³-hybridized carbons (Fsp3) is 0.415. The molecule has 0 aromatic heterocycles. The molecule has 5 aromatic carbocycles. The van der Waals surface area contributed by atoms with Gasteiger partial charge in [-0.25, -0.2) is 0 Å². The molecule has 7 rings (SSSR count). The molecule has 5 aromatic rings. The number of amides is 1. The van der Waals surface area contributed by atoms with E-state index >= 15 is 0 Å². The van der Waals surface area contributed by atoms with Crippen LogP contribution in [0.2, 0.25) is 36.3 Å². The van der Waals surface area contributed by atoms with Crippen LogP contribution >= 0.6 is 0 Å². The molecular weight excluding hydrogens is 815 g/mol. The minimum atomic E-state index is -2.16.